The number of halogens is 3. The minimum Gasteiger partial charge on any atom is -0.497 e. The van der Waals surface area contributed by atoms with Crippen LogP contribution >= 0.6 is 0 Å². The first kappa shape index (κ1) is 35.1. The van der Waals surface area contributed by atoms with Crippen LogP contribution in [0.5, 0.6) is 11.5 Å². The molecule has 1 aromatic heterocycles. The number of hydrogen-bond acceptors (Lipinski definition) is 9. The number of nitrogens with one attached hydrogen (secondary N) is 1. The average molecular weight is 678 g/mol. The van der Waals surface area contributed by atoms with Gasteiger partial charge in [-0.2, -0.15) is 18.2 Å². The number of anilines is 4. The molecule has 2 amide bonds. The number of methoxy groups -OCH3 is 2. The third kappa shape index (κ3) is 8.45. The zero-order valence-electron chi connectivity index (χ0n) is 27.7. The smallest absolute Gasteiger partial charge is 0.416 e. The summed E-state index contributed by atoms with van der Waals surface area (Å²) in [5.74, 6) is -0.0843. The Balaban J connectivity index is 1.39. The number of amides is 2. The number of nitrogens with zero attached hydrogens (tertiary/aromatic N) is 5. The van der Waals surface area contributed by atoms with Crippen LogP contribution in [0.4, 0.5) is 36.3 Å². The van der Waals surface area contributed by atoms with E-state index >= 15 is 0 Å². The predicted octanol–water partition coefficient (Wildman–Crippen LogP) is 5.31. The van der Waals surface area contributed by atoms with Crippen molar-refractivity contribution in [2.24, 2.45) is 0 Å². The van der Waals surface area contributed by atoms with Gasteiger partial charge in [0.15, 0.2) is 0 Å². The van der Waals surface area contributed by atoms with Crippen LogP contribution in [-0.4, -0.2) is 79.0 Å². The first-order valence-electron chi connectivity index (χ1n) is 15.5. The van der Waals surface area contributed by atoms with Gasteiger partial charge in [0.05, 0.1) is 31.9 Å². The monoisotopic (exact) mass is 677 g/mol. The molecule has 0 spiro atoms. The number of piperazine rings is 1. The van der Waals surface area contributed by atoms with E-state index in [9.17, 15) is 22.8 Å². The van der Waals surface area contributed by atoms with Crippen molar-refractivity contribution in [3.05, 3.63) is 94.7 Å². The van der Waals surface area contributed by atoms with Crippen LogP contribution in [0.3, 0.4) is 0 Å². The van der Waals surface area contributed by atoms with Crippen LogP contribution in [0.25, 0.3) is 0 Å². The van der Waals surface area contributed by atoms with E-state index in [1.165, 1.54) is 43.5 Å². The lowest BCUT2D eigenvalue weighted by atomic mass is 10.0. The number of carbonyl (C=O) groups is 2. The maximum Gasteiger partial charge on any atom is 0.416 e. The quantitative estimate of drug-likeness (QED) is 0.230. The molecule has 1 fully saturated rings. The fraction of sp³-hybridized carbons (Fsp3) is 0.314. The summed E-state index contributed by atoms with van der Waals surface area (Å²) >= 11 is 0. The van der Waals surface area contributed by atoms with Gasteiger partial charge in [-0.15, -0.1) is 0 Å². The Hall–Kier alpha value is -5.21. The van der Waals surface area contributed by atoms with E-state index in [2.05, 4.69) is 20.2 Å². The zero-order valence-corrected chi connectivity index (χ0v) is 27.7. The summed E-state index contributed by atoms with van der Waals surface area (Å²) < 4.78 is 53.3. The van der Waals surface area contributed by atoms with Gasteiger partial charge in [0.2, 0.25) is 11.9 Å². The molecule has 1 saturated heterocycles. The third-order valence-corrected chi connectivity index (χ3v) is 8.38. The number of aromatic nitrogens is 2. The highest BCUT2D eigenvalue weighted by atomic mass is 19.4. The summed E-state index contributed by atoms with van der Waals surface area (Å²) in [5, 5.41) is 2.70. The highest BCUT2D eigenvalue weighted by Crippen LogP contribution is 2.37. The highest BCUT2D eigenvalue weighted by molar-refractivity contribution is 6.05. The van der Waals surface area contributed by atoms with Crippen molar-refractivity contribution in [2.45, 2.75) is 26.1 Å². The SMILES string of the molecule is COc1ccc(N(C(=O)Cc2cc(NC(=O)c3ccc(CN4CCN(C)CC4)c(C(F)(F)F)c3)ccc2C)c2ccnc(N)n2)c(OC)c1. The lowest BCUT2D eigenvalue weighted by Gasteiger charge is -2.33. The molecule has 3 N–H and O–H groups in total. The minimum atomic E-state index is -4.64. The molecule has 258 valence electrons. The average Bonchev–Trinajstić information content (AvgIpc) is 3.07. The van der Waals surface area contributed by atoms with Gasteiger partial charge in [0.1, 0.15) is 17.3 Å². The lowest BCUT2D eigenvalue weighted by Crippen LogP contribution is -2.44. The van der Waals surface area contributed by atoms with E-state index in [4.69, 9.17) is 15.2 Å². The van der Waals surface area contributed by atoms with E-state index in [-0.39, 0.29) is 35.9 Å². The highest BCUT2D eigenvalue weighted by Gasteiger charge is 2.35. The van der Waals surface area contributed by atoms with Gasteiger partial charge in [0, 0.05) is 62.3 Å². The van der Waals surface area contributed by atoms with Crippen LogP contribution in [0.1, 0.15) is 32.6 Å². The van der Waals surface area contributed by atoms with Gasteiger partial charge in [-0.3, -0.25) is 19.4 Å². The number of hydrogen-bond donors (Lipinski definition) is 2. The van der Waals surface area contributed by atoms with Crippen LogP contribution in [-0.2, 0) is 23.9 Å². The molecule has 1 aliphatic rings. The zero-order chi connectivity index (χ0) is 35.3. The van der Waals surface area contributed by atoms with Crippen molar-refractivity contribution < 1.29 is 32.2 Å². The molecule has 0 radical (unpaired) electrons. The van der Waals surface area contributed by atoms with Crippen LogP contribution in [0.15, 0.2) is 66.9 Å². The largest absolute Gasteiger partial charge is 0.497 e. The number of aryl methyl sites for hydroxylation is 1. The van der Waals surface area contributed by atoms with Crippen molar-refractivity contribution in [1.29, 1.82) is 0 Å². The fourth-order valence-electron chi connectivity index (χ4n) is 5.59. The van der Waals surface area contributed by atoms with Gasteiger partial charge >= 0.3 is 6.18 Å². The molecular weight excluding hydrogens is 639 g/mol. The van der Waals surface area contributed by atoms with Gasteiger partial charge < -0.3 is 25.4 Å². The van der Waals surface area contributed by atoms with Crippen LogP contribution in [0.2, 0.25) is 0 Å². The molecule has 11 nitrogen and oxygen atoms in total. The molecule has 49 heavy (non-hydrogen) atoms. The summed E-state index contributed by atoms with van der Waals surface area (Å²) in [6.45, 7) is 4.81. The molecule has 0 aliphatic carbocycles. The van der Waals surface area contributed by atoms with E-state index in [1.807, 2.05) is 18.9 Å². The molecule has 0 atom stereocenters. The number of ether oxygens (including phenoxy) is 2. The van der Waals surface area contributed by atoms with Crippen LogP contribution in [0, 0.1) is 6.92 Å². The summed E-state index contributed by atoms with van der Waals surface area (Å²) in [6.07, 6.45) is -3.34. The standard InChI is InChI=1S/C35H38F3N7O4/c1-22-5-8-26(41-33(47)23-6-7-24(28(18-23)35(36,37)38)21-44-15-13-43(2)14-16-44)17-25(22)19-32(46)45(31-11-12-40-34(39)42-31)29-10-9-27(48-3)20-30(29)49-4/h5-12,17-18,20H,13-16,19,21H2,1-4H3,(H,41,47)(H2,39,40,42). The summed E-state index contributed by atoms with van der Waals surface area (Å²) in [6, 6.07) is 15.1. The molecule has 2 heterocycles. The molecule has 0 saturated carbocycles. The molecule has 0 unspecified atom stereocenters. The lowest BCUT2D eigenvalue weighted by molar-refractivity contribution is -0.138. The second kappa shape index (κ2) is 14.9. The van der Waals surface area contributed by atoms with Crippen LogP contribution < -0.4 is 25.4 Å². The predicted molar refractivity (Wildman–Crippen MR) is 180 cm³/mol. The van der Waals surface area contributed by atoms with Gasteiger partial charge in [0.25, 0.3) is 5.91 Å². The van der Waals surface area contributed by atoms with Gasteiger partial charge in [-0.05, 0) is 67.1 Å². The Morgan fingerprint density at radius 2 is 1.71 bits per heavy atom. The number of alkyl halides is 3. The fourth-order valence-corrected chi connectivity index (χ4v) is 5.59. The van der Waals surface area contributed by atoms with E-state index < -0.39 is 23.6 Å². The minimum absolute atomic E-state index is 0.0373. The second-order valence-corrected chi connectivity index (χ2v) is 11.8. The first-order chi connectivity index (χ1) is 23.4. The molecule has 3 aromatic carbocycles. The summed E-state index contributed by atoms with van der Waals surface area (Å²) in [4.78, 5) is 40.9. The van der Waals surface area contributed by atoms with E-state index in [0.717, 1.165) is 24.7 Å². The third-order valence-electron chi connectivity index (χ3n) is 8.38. The molecule has 14 heteroatoms. The molecule has 1 aliphatic heterocycles. The van der Waals surface area contributed by atoms with Crippen molar-refractivity contribution in [1.82, 2.24) is 19.8 Å². The van der Waals surface area contributed by atoms with Crippen molar-refractivity contribution in [2.75, 3.05) is 63.4 Å². The van der Waals surface area contributed by atoms with Gasteiger partial charge in [-0.1, -0.05) is 12.1 Å². The van der Waals surface area contributed by atoms with Gasteiger partial charge in [-0.25, -0.2) is 4.98 Å². The number of carbonyl (C=O) groups excluding carboxylic acids is 2. The number of likely N-dealkylation sites (N-methyl/N-ethyl adjacent to an activating group) is 1. The topological polar surface area (TPSA) is 126 Å². The number of nitrogens with two attached hydrogens (primary N) is 1. The maximum absolute atomic E-state index is 14.1. The Bertz CT molecular complexity index is 1830. The molecule has 5 rings (SSSR count). The Morgan fingerprint density at radius 1 is 0.959 bits per heavy atom. The van der Waals surface area contributed by atoms with Crippen molar-refractivity contribution in [3.8, 4) is 11.5 Å². The summed E-state index contributed by atoms with van der Waals surface area (Å²) in [7, 11) is 4.95. The Kier molecular flexibility index (Phi) is 10.7. The molecule has 0 bridgehead atoms. The van der Waals surface area contributed by atoms with Crippen molar-refractivity contribution in [3.63, 3.8) is 0 Å². The normalized spacial score (nSPS) is 13.9. The maximum atomic E-state index is 14.1. The van der Waals surface area contributed by atoms with E-state index in [1.54, 1.807) is 36.4 Å². The van der Waals surface area contributed by atoms with Crippen molar-refractivity contribution >= 4 is 35.0 Å². The number of rotatable bonds is 10. The second-order valence-electron chi connectivity index (χ2n) is 11.8. The molecule has 4 aromatic rings. The number of benzene rings is 3. The number of nitrogen functional groups attached to an aromatic ring is 1. The molecular formula is C35H38F3N7O4. The first-order valence-corrected chi connectivity index (χ1v) is 15.5. The summed E-state index contributed by atoms with van der Waals surface area (Å²) in [5.41, 5.74) is 7.01. The van der Waals surface area contributed by atoms with E-state index in [0.29, 0.717) is 41.5 Å². The Morgan fingerprint density at radius 3 is 2.39 bits per heavy atom. The Labute approximate surface area is 282 Å².